The van der Waals surface area contributed by atoms with Crippen molar-refractivity contribution in [2.24, 2.45) is 0 Å². The molecule has 1 fully saturated rings. The van der Waals surface area contributed by atoms with Crippen LogP contribution < -0.4 is 10.2 Å². The molecule has 0 bridgehead atoms. The van der Waals surface area contributed by atoms with Gasteiger partial charge in [-0.1, -0.05) is 0 Å². The first-order valence-corrected chi connectivity index (χ1v) is 8.00. The van der Waals surface area contributed by atoms with Gasteiger partial charge in [-0.05, 0) is 43.4 Å². The highest BCUT2D eigenvalue weighted by Crippen LogP contribution is 2.20. The van der Waals surface area contributed by atoms with Gasteiger partial charge in [0, 0.05) is 31.9 Å². The number of hydrogen-bond acceptors (Lipinski definition) is 5. The predicted molar refractivity (Wildman–Crippen MR) is 92.4 cm³/mol. The zero-order valence-corrected chi connectivity index (χ0v) is 13.5. The number of imidazole rings is 1. The molecular weight excluding hydrogens is 307 g/mol. The highest BCUT2D eigenvalue weighted by Gasteiger charge is 2.16. The van der Waals surface area contributed by atoms with Crippen molar-refractivity contribution >= 4 is 23.0 Å². The van der Waals surface area contributed by atoms with Crippen LogP contribution in [0.15, 0.2) is 42.6 Å². The number of halogens is 1. The Balaban J connectivity index is 1.62. The van der Waals surface area contributed by atoms with E-state index in [0.717, 1.165) is 49.1 Å². The number of rotatable bonds is 3. The molecule has 4 rings (SSSR count). The van der Waals surface area contributed by atoms with E-state index in [9.17, 15) is 4.39 Å². The van der Waals surface area contributed by atoms with Crippen molar-refractivity contribution in [1.29, 1.82) is 0 Å². The highest BCUT2D eigenvalue weighted by molar-refractivity contribution is 5.60. The number of fused-ring (bicyclic) bond motifs is 1. The maximum absolute atomic E-state index is 13.0. The number of anilines is 3. The molecule has 0 amide bonds. The average Bonchev–Trinajstić information content (AvgIpc) is 3.00. The van der Waals surface area contributed by atoms with E-state index in [1.54, 1.807) is 22.8 Å². The second kappa shape index (κ2) is 6.09. The molecule has 0 radical (unpaired) electrons. The Labute approximate surface area is 139 Å². The number of nitrogens with zero attached hydrogens (tertiary/aromatic N) is 5. The number of piperazine rings is 1. The van der Waals surface area contributed by atoms with Crippen LogP contribution in [-0.2, 0) is 0 Å². The van der Waals surface area contributed by atoms with E-state index in [1.807, 2.05) is 12.1 Å². The van der Waals surface area contributed by atoms with Crippen LogP contribution in [-0.4, -0.2) is 52.7 Å². The molecule has 0 saturated carbocycles. The summed E-state index contributed by atoms with van der Waals surface area (Å²) in [6.07, 6.45) is 1.74. The minimum atomic E-state index is -0.255. The second-order valence-electron chi connectivity index (χ2n) is 6.03. The molecule has 1 saturated heterocycles. The number of benzene rings is 1. The maximum Gasteiger partial charge on any atom is 0.156 e. The lowest BCUT2D eigenvalue weighted by atomic mass is 10.3. The average molecular weight is 326 g/mol. The molecule has 1 aromatic carbocycles. The molecule has 0 aliphatic carbocycles. The molecule has 0 atom stereocenters. The quantitative estimate of drug-likeness (QED) is 0.801. The summed E-state index contributed by atoms with van der Waals surface area (Å²) in [6.45, 7) is 3.99. The van der Waals surface area contributed by atoms with Crippen molar-refractivity contribution < 1.29 is 4.39 Å². The number of aromatic nitrogens is 3. The Morgan fingerprint density at radius 2 is 1.75 bits per heavy atom. The van der Waals surface area contributed by atoms with Gasteiger partial charge in [-0.15, -0.1) is 5.10 Å². The van der Waals surface area contributed by atoms with E-state index >= 15 is 0 Å². The van der Waals surface area contributed by atoms with Crippen molar-refractivity contribution in [2.45, 2.75) is 0 Å². The van der Waals surface area contributed by atoms with Gasteiger partial charge in [0.25, 0.3) is 0 Å². The monoisotopic (exact) mass is 326 g/mol. The fourth-order valence-electron chi connectivity index (χ4n) is 2.83. The molecule has 6 nitrogen and oxygen atoms in total. The lowest BCUT2D eigenvalue weighted by Crippen LogP contribution is -2.44. The minimum absolute atomic E-state index is 0.255. The largest absolute Gasteiger partial charge is 0.353 e. The number of hydrogen-bond donors (Lipinski definition) is 1. The normalized spacial score (nSPS) is 15.8. The molecule has 1 aliphatic rings. The standard InChI is InChI=1S/C17H19FN6/c1-22-8-10-23(11-9-22)16-7-6-15-19-12-17(24(15)21-16)20-14-4-2-13(18)3-5-14/h2-7,12,20H,8-11H2,1H3. The van der Waals surface area contributed by atoms with Gasteiger partial charge in [-0.25, -0.2) is 9.37 Å². The fourth-order valence-corrected chi connectivity index (χ4v) is 2.83. The van der Waals surface area contributed by atoms with Gasteiger partial charge in [-0.2, -0.15) is 4.52 Å². The third-order valence-corrected chi connectivity index (χ3v) is 4.29. The van der Waals surface area contributed by atoms with Gasteiger partial charge in [-0.3, -0.25) is 0 Å². The van der Waals surface area contributed by atoms with E-state index in [-0.39, 0.29) is 5.82 Å². The summed E-state index contributed by atoms with van der Waals surface area (Å²) in [5, 5.41) is 7.96. The van der Waals surface area contributed by atoms with Crippen LogP contribution in [0.25, 0.3) is 5.65 Å². The summed E-state index contributed by atoms with van der Waals surface area (Å²) in [4.78, 5) is 8.96. The first-order chi connectivity index (χ1) is 11.7. The topological polar surface area (TPSA) is 48.7 Å². The fraction of sp³-hybridized carbons (Fsp3) is 0.294. The Morgan fingerprint density at radius 1 is 1.00 bits per heavy atom. The minimum Gasteiger partial charge on any atom is -0.353 e. The lowest BCUT2D eigenvalue weighted by molar-refractivity contribution is 0.311. The summed E-state index contributed by atoms with van der Waals surface area (Å²) in [5.74, 6) is 1.44. The first-order valence-electron chi connectivity index (χ1n) is 8.00. The van der Waals surface area contributed by atoms with Crippen molar-refractivity contribution in [3.63, 3.8) is 0 Å². The Morgan fingerprint density at radius 3 is 2.50 bits per heavy atom. The zero-order valence-electron chi connectivity index (χ0n) is 13.5. The zero-order chi connectivity index (χ0) is 16.5. The summed E-state index contributed by atoms with van der Waals surface area (Å²) in [5.41, 5.74) is 1.57. The van der Waals surface area contributed by atoms with Crippen LogP contribution in [0.3, 0.4) is 0 Å². The van der Waals surface area contributed by atoms with Crippen LogP contribution in [0.5, 0.6) is 0 Å². The number of likely N-dealkylation sites (N-methyl/N-ethyl adjacent to an activating group) is 1. The van der Waals surface area contributed by atoms with Crippen molar-refractivity contribution in [3.8, 4) is 0 Å². The smallest absolute Gasteiger partial charge is 0.156 e. The van der Waals surface area contributed by atoms with Gasteiger partial charge < -0.3 is 15.1 Å². The summed E-state index contributed by atoms with van der Waals surface area (Å²) in [7, 11) is 2.13. The van der Waals surface area contributed by atoms with Gasteiger partial charge in [0.2, 0.25) is 0 Å². The van der Waals surface area contributed by atoms with Crippen LogP contribution in [0, 0.1) is 5.82 Å². The van der Waals surface area contributed by atoms with Gasteiger partial charge in [0.1, 0.15) is 11.6 Å². The van der Waals surface area contributed by atoms with E-state index in [4.69, 9.17) is 5.10 Å². The highest BCUT2D eigenvalue weighted by atomic mass is 19.1. The molecule has 3 heterocycles. The van der Waals surface area contributed by atoms with E-state index < -0.39 is 0 Å². The Kier molecular flexibility index (Phi) is 3.78. The molecule has 1 aliphatic heterocycles. The Hall–Kier alpha value is -2.67. The van der Waals surface area contributed by atoms with E-state index in [0.29, 0.717) is 0 Å². The van der Waals surface area contributed by atoms with Gasteiger partial charge >= 0.3 is 0 Å². The van der Waals surface area contributed by atoms with E-state index in [2.05, 4.69) is 27.1 Å². The molecule has 24 heavy (non-hydrogen) atoms. The van der Waals surface area contributed by atoms with Crippen LogP contribution >= 0.6 is 0 Å². The molecule has 1 N–H and O–H groups in total. The predicted octanol–water partition coefficient (Wildman–Crippen LogP) is 2.36. The van der Waals surface area contributed by atoms with Crippen LogP contribution in [0.1, 0.15) is 0 Å². The summed E-state index contributed by atoms with van der Waals surface area (Å²) in [6, 6.07) is 10.2. The van der Waals surface area contributed by atoms with Crippen molar-refractivity contribution in [2.75, 3.05) is 43.4 Å². The maximum atomic E-state index is 13.0. The molecule has 7 heteroatoms. The van der Waals surface area contributed by atoms with E-state index in [1.165, 1.54) is 12.1 Å². The molecule has 2 aromatic heterocycles. The molecule has 0 unspecified atom stereocenters. The van der Waals surface area contributed by atoms with Crippen LogP contribution in [0.2, 0.25) is 0 Å². The lowest BCUT2D eigenvalue weighted by Gasteiger charge is -2.33. The van der Waals surface area contributed by atoms with Gasteiger partial charge in [0.05, 0.1) is 6.20 Å². The number of nitrogens with one attached hydrogen (secondary N) is 1. The summed E-state index contributed by atoms with van der Waals surface area (Å²) >= 11 is 0. The SMILES string of the molecule is CN1CCN(c2ccc3ncc(Nc4ccc(F)cc4)n3n2)CC1. The van der Waals surface area contributed by atoms with Crippen molar-refractivity contribution in [1.82, 2.24) is 19.5 Å². The first kappa shape index (κ1) is 14.9. The van der Waals surface area contributed by atoms with Crippen molar-refractivity contribution in [3.05, 3.63) is 48.4 Å². The van der Waals surface area contributed by atoms with Gasteiger partial charge in [0.15, 0.2) is 11.5 Å². The third-order valence-electron chi connectivity index (χ3n) is 4.29. The second-order valence-corrected chi connectivity index (χ2v) is 6.03. The van der Waals surface area contributed by atoms with Crippen LogP contribution in [0.4, 0.5) is 21.7 Å². The molecule has 3 aromatic rings. The molecular formula is C17H19FN6. The molecule has 124 valence electrons. The Bertz CT molecular complexity index is 836. The molecule has 0 spiro atoms. The third kappa shape index (κ3) is 2.90. The summed E-state index contributed by atoms with van der Waals surface area (Å²) < 4.78 is 14.8.